The molecule has 0 N–H and O–H groups in total. The first-order valence-corrected chi connectivity index (χ1v) is 5.83. The van der Waals surface area contributed by atoms with Gasteiger partial charge in [-0.25, -0.2) is 0 Å². The molecule has 0 bridgehead atoms. The number of fused-ring (bicyclic) bond motifs is 1. The van der Waals surface area contributed by atoms with Crippen molar-refractivity contribution in [2.45, 2.75) is 32.9 Å². The van der Waals surface area contributed by atoms with Gasteiger partial charge in [0, 0.05) is 24.7 Å². The van der Waals surface area contributed by atoms with E-state index in [1.807, 2.05) is 0 Å². The molecule has 0 atom stereocenters. The molecule has 3 nitrogen and oxygen atoms in total. The van der Waals surface area contributed by atoms with Crippen molar-refractivity contribution in [3.8, 4) is 0 Å². The molecule has 0 amide bonds. The van der Waals surface area contributed by atoms with Gasteiger partial charge in [0.15, 0.2) is 0 Å². The van der Waals surface area contributed by atoms with Crippen LogP contribution in [0.15, 0.2) is 4.60 Å². The van der Waals surface area contributed by atoms with Crippen molar-refractivity contribution in [1.29, 1.82) is 0 Å². The Balaban J connectivity index is 2.40. The van der Waals surface area contributed by atoms with Gasteiger partial charge in [-0.3, -0.25) is 4.68 Å². The molecule has 1 aliphatic heterocycles. The molecule has 78 valence electrons. The molecule has 0 unspecified atom stereocenters. The quantitative estimate of drug-likeness (QED) is 0.770. The van der Waals surface area contributed by atoms with Crippen LogP contribution in [-0.4, -0.2) is 28.3 Å². The molecule has 0 saturated carbocycles. The third-order valence-corrected chi connectivity index (χ3v) is 3.52. The summed E-state index contributed by atoms with van der Waals surface area (Å²) in [5.41, 5.74) is 2.64. The van der Waals surface area contributed by atoms with E-state index >= 15 is 0 Å². The lowest BCUT2D eigenvalue weighted by Gasteiger charge is -2.20. The summed E-state index contributed by atoms with van der Waals surface area (Å²) in [5.74, 6) is 0. The fraction of sp³-hybridized carbons (Fsp3) is 0.700. The van der Waals surface area contributed by atoms with E-state index in [1.54, 1.807) is 0 Å². The molecule has 14 heavy (non-hydrogen) atoms. The van der Waals surface area contributed by atoms with E-state index in [-0.39, 0.29) is 0 Å². The normalized spacial score (nSPS) is 17.5. The van der Waals surface area contributed by atoms with Crippen LogP contribution in [0, 0.1) is 0 Å². The maximum absolute atomic E-state index is 4.63. The van der Waals surface area contributed by atoms with Crippen LogP contribution in [0.3, 0.4) is 0 Å². The predicted molar refractivity (Wildman–Crippen MR) is 60.4 cm³/mol. The average Bonchev–Trinajstić information content (AvgIpc) is 2.43. The lowest BCUT2D eigenvalue weighted by atomic mass is 10.1. The van der Waals surface area contributed by atoms with Gasteiger partial charge >= 0.3 is 0 Å². The first kappa shape index (κ1) is 10.2. The van der Waals surface area contributed by atoms with Crippen LogP contribution in [0.4, 0.5) is 0 Å². The van der Waals surface area contributed by atoms with Crippen LogP contribution in [0.1, 0.15) is 31.1 Å². The first-order valence-electron chi connectivity index (χ1n) is 5.04. The number of hydrogen-bond donors (Lipinski definition) is 0. The van der Waals surface area contributed by atoms with Crippen molar-refractivity contribution in [2.24, 2.45) is 0 Å². The highest BCUT2D eigenvalue weighted by atomic mass is 79.9. The lowest BCUT2D eigenvalue weighted by Crippen LogP contribution is -2.26. The van der Waals surface area contributed by atoms with Gasteiger partial charge in [-0.05, 0) is 43.2 Å². The van der Waals surface area contributed by atoms with E-state index in [1.165, 1.54) is 15.9 Å². The van der Waals surface area contributed by atoms with Crippen LogP contribution < -0.4 is 0 Å². The van der Waals surface area contributed by atoms with E-state index < -0.39 is 0 Å². The van der Waals surface area contributed by atoms with Gasteiger partial charge in [-0.1, -0.05) is 0 Å². The largest absolute Gasteiger partial charge is 0.300 e. The fourth-order valence-electron chi connectivity index (χ4n) is 1.85. The monoisotopic (exact) mass is 257 g/mol. The van der Waals surface area contributed by atoms with Gasteiger partial charge in [0.25, 0.3) is 0 Å². The van der Waals surface area contributed by atoms with Crippen LogP contribution in [-0.2, 0) is 13.0 Å². The minimum absolute atomic E-state index is 0.431. The highest BCUT2D eigenvalue weighted by molar-refractivity contribution is 9.10. The second kappa shape index (κ2) is 3.66. The predicted octanol–water partition coefficient (Wildman–Crippen LogP) is 2.21. The average molecular weight is 258 g/mol. The smallest absolute Gasteiger partial charge is 0.107 e. The lowest BCUT2D eigenvalue weighted by molar-refractivity contribution is 0.307. The Bertz CT molecular complexity index is 343. The van der Waals surface area contributed by atoms with Crippen LogP contribution in [0.5, 0.6) is 0 Å². The Kier molecular flexibility index (Phi) is 2.66. The maximum atomic E-state index is 4.63. The highest BCUT2D eigenvalue weighted by Crippen LogP contribution is 2.27. The number of halogens is 1. The van der Waals surface area contributed by atoms with E-state index in [2.05, 4.69) is 51.5 Å². The summed E-state index contributed by atoms with van der Waals surface area (Å²) in [6.07, 6.45) is 1.11. The molecular weight excluding hydrogens is 242 g/mol. The molecular formula is C10H16BrN3. The van der Waals surface area contributed by atoms with Gasteiger partial charge in [-0.2, -0.15) is 5.10 Å². The molecule has 0 fully saturated rings. The maximum Gasteiger partial charge on any atom is 0.107 e. The summed E-state index contributed by atoms with van der Waals surface area (Å²) in [6.45, 7) is 6.43. The first-order chi connectivity index (χ1) is 6.59. The molecule has 0 spiro atoms. The molecule has 0 aliphatic carbocycles. The summed E-state index contributed by atoms with van der Waals surface area (Å²) in [5, 5.41) is 4.63. The molecule has 1 aromatic heterocycles. The Labute approximate surface area is 93.2 Å². The van der Waals surface area contributed by atoms with Gasteiger partial charge in [0.1, 0.15) is 4.60 Å². The highest BCUT2D eigenvalue weighted by Gasteiger charge is 2.22. The van der Waals surface area contributed by atoms with Crippen molar-refractivity contribution < 1.29 is 0 Å². The molecule has 2 rings (SSSR count). The Morgan fingerprint density at radius 1 is 1.43 bits per heavy atom. The third-order valence-electron chi connectivity index (χ3n) is 2.68. The SMILES string of the molecule is CC(C)n1nc2c(c1Br)CCN(C)C2. The van der Waals surface area contributed by atoms with Gasteiger partial charge in [0.05, 0.1) is 5.69 Å². The zero-order valence-electron chi connectivity index (χ0n) is 8.92. The van der Waals surface area contributed by atoms with Crippen molar-refractivity contribution >= 4 is 15.9 Å². The van der Waals surface area contributed by atoms with Crippen LogP contribution in [0.25, 0.3) is 0 Å². The summed E-state index contributed by atoms with van der Waals surface area (Å²) in [7, 11) is 2.14. The molecule has 1 aromatic rings. The minimum atomic E-state index is 0.431. The molecule has 0 aromatic carbocycles. The zero-order valence-corrected chi connectivity index (χ0v) is 10.5. The fourth-order valence-corrected chi connectivity index (χ4v) is 2.76. The van der Waals surface area contributed by atoms with Gasteiger partial charge in [-0.15, -0.1) is 0 Å². The summed E-state index contributed by atoms with van der Waals surface area (Å²) in [4.78, 5) is 2.31. The number of aromatic nitrogens is 2. The second-order valence-electron chi connectivity index (χ2n) is 4.24. The Morgan fingerprint density at radius 3 is 2.79 bits per heavy atom. The van der Waals surface area contributed by atoms with Crippen molar-refractivity contribution in [2.75, 3.05) is 13.6 Å². The number of likely N-dealkylation sites (N-methyl/N-ethyl adjacent to an activating group) is 1. The standard InChI is InChI=1S/C10H16BrN3/c1-7(2)14-10(11)8-4-5-13(3)6-9(8)12-14/h7H,4-6H2,1-3H3. The zero-order chi connectivity index (χ0) is 10.3. The molecule has 4 heteroatoms. The summed E-state index contributed by atoms with van der Waals surface area (Å²) in [6, 6.07) is 0.431. The molecule has 0 saturated heterocycles. The third kappa shape index (κ3) is 1.61. The summed E-state index contributed by atoms with van der Waals surface area (Å²) < 4.78 is 3.25. The molecule has 0 radical (unpaired) electrons. The van der Waals surface area contributed by atoms with Crippen molar-refractivity contribution in [3.05, 3.63) is 15.9 Å². The topological polar surface area (TPSA) is 21.1 Å². The Hall–Kier alpha value is -0.350. The van der Waals surface area contributed by atoms with Crippen LogP contribution in [0.2, 0.25) is 0 Å². The van der Waals surface area contributed by atoms with Crippen LogP contribution >= 0.6 is 15.9 Å². The van der Waals surface area contributed by atoms with E-state index in [0.717, 1.165) is 19.5 Å². The summed E-state index contributed by atoms with van der Waals surface area (Å²) >= 11 is 3.64. The van der Waals surface area contributed by atoms with E-state index in [4.69, 9.17) is 0 Å². The second-order valence-corrected chi connectivity index (χ2v) is 4.99. The Morgan fingerprint density at radius 2 is 2.14 bits per heavy atom. The number of hydrogen-bond acceptors (Lipinski definition) is 2. The van der Waals surface area contributed by atoms with Crippen molar-refractivity contribution in [3.63, 3.8) is 0 Å². The van der Waals surface area contributed by atoms with Gasteiger partial charge < -0.3 is 4.90 Å². The van der Waals surface area contributed by atoms with E-state index in [0.29, 0.717) is 6.04 Å². The van der Waals surface area contributed by atoms with Crippen molar-refractivity contribution in [1.82, 2.24) is 14.7 Å². The van der Waals surface area contributed by atoms with Gasteiger partial charge in [0.2, 0.25) is 0 Å². The van der Waals surface area contributed by atoms with E-state index in [9.17, 15) is 0 Å². The number of rotatable bonds is 1. The minimum Gasteiger partial charge on any atom is -0.300 e. The number of nitrogens with zero attached hydrogens (tertiary/aromatic N) is 3. The molecule has 1 aliphatic rings. The molecule has 2 heterocycles.